The van der Waals surface area contributed by atoms with Gasteiger partial charge in [0.1, 0.15) is 5.60 Å². The van der Waals surface area contributed by atoms with E-state index < -0.39 is 16.6 Å². The quantitative estimate of drug-likeness (QED) is 0.541. The van der Waals surface area contributed by atoms with Gasteiger partial charge in [-0.2, -0.15) is 0 Å². The SMILES string of the molecule is CC(C)(C)OC(=O)NCc1ccc(Nc2ncc(Br)cc2[N+](=O)[O-])cc1. The van der Waals surface area contributed by atoms with E-state index in [1.54, 1.807) is 45.0 Å². The molecule has 0 atom stereocenters. The van der Waals surface area contributed by atoms with Crippen molar-refractivity contribution in [1.82, 2.24) is 10.3 Å². The molecule has 1 aromatic heterocycles. The van der Waals surface area contributed by atoms with Crippen LogP contribution in [0.1, 0.15) is 26.3 Å². The van der Waals surface area contributed by atoms with Crippen molar-refractivity contribution < 1.29 is 14.5 Å². The molecule has 8 nitrogen and oxygen atoms in total. The molecule has 0 radical (unpaired) electrons. The predicted molar refractivity (Wildman–Crippen MR) is 101 cm³/mol. The van der Waals surface area contributed by atoms with Crippen molar-refractivity contribution >= 4 is 39.2 Å². The number of amides is 1. The van der Waals surface area contributed by atoms with E-state index >= 15 is 0 Å². The first-order valence-corrected chi connectivity index (χ1v) is 8.56. The molecule has 1 aromatic carbocycles. The van der Waals surface area contributed by atoms with Gasteiger partial charge in [0.05, 0.1) is 4.92 Å². The lowest BCUT2D eigenvalue weighted by molar-refractivity contribution is -0.384. The Morgan fingerprint density at radius 3 is 2.54 bits per heavy atom. The predicted octanol–water partition coefficient (Wildman–Crippen LogP) is 4.52. The third kappa shape index (κ3) is 5.99. The van der Waals surface area contributed by atoms with E-state index in [0.29, 0.717) is 16.7 Å². The fourth-order valence-electron chi connectivity index (χ4n) is 2.00. The van der Waals surface area contributed by atoms with Crippen molar-refractivity contribution in [2.75, 3.05) is 5.32 Å². The Morgan fingerprint density at radius 1 is 1.31 bits per heavy atom. The summed E-state index contributed by atoms with van der Waals surface area (Å²) in [6.07, 6.45) is 0.989. The Labute approximate surface area is 159 Å². The maximum Gasteiger partial charge on any atom is 0.407 e. The molecule has 0 aliphatic heterocycles. The number of rotatable bonds is 5. The van der Waals surface area contributed by atoms with Gasteiger partial charge in [-0.15, -0.1) is 0 Å². The summed E-state index contributed by atoms with van der Waals surface area (Å²) in [5, 5.41) is 16.7. The number of nitro groups is 1. The molecule has 2 N–H and O–H groups in total. The number of halogens is 1. The van der Waals surface area contributed by atoms with Crippen LogP contribution in [-0.2, 0) is 11.3 Å². The van der Waals surface area contributed by atoms with E-state index in [-0.39, 0.29) is 11.5 Å². The van der Waals surface area contributed by atoms with Crippen LogP contribution in [0.2, 0.25) is 0 Å². The molecular weight excluding hydrogens is 404 g/mol. The zero-order valence-corrected chi connectivity index (χ0v) is 16.2. The summed E-state index contributed by atoms with van der Waals surface area (Å²) in [5.41, 5.74) is 0.822. The Hall–Kier alpha value is -2.68. The number of anilines is 2. The number of hydrogen-bond acceptors (Lipinski definition) is 6. The molecule has 26 heavy (non-hydrogen) atoms. The fraction of sp³-hybridized carbons (Fsp3) is 0.294. The van der Waals surface area contributed by atoms with Gasteiger partial charge in [0.2, 0.25) is 5.82 Å². The average Bonchev–Trinajstić information content (AvgIpc) is 2.54. The van der Waals surface area contributed by atoms with Gasteiger partial charge in [0, 0.05) is 29.0 Å². The maximum atomic E-state index is 11.6. The molecular formula is C17H19BrN4O4. The van der Waals surface area contributed by atoms with Crippen LogP contribution in [-0.4, -0.2) is 21.6 Å². The highest BCUT2D eigenvalue weighted by molar-refractivity contribution is 9.10. The molecule has 0 unspecified atom stereocenters. The van der Waals surface area contributed by atoms with E-state index in [9.17, 15) is 14.9 Å². The van der Waals surface area contributed by atoms with Crippen molar-refractivity contribution in [3.8, 4) is 0 Å². The van der Waals surface area contributed by atoms with E-state index in [1.165, 1.54) is 12.3 Å². The van der Waals surface area contributed by atoms with Crippen molar-refractivity contribution in [2.45, 2.75) is 32.9 Å². The smallest absolute Gasteiger partial charge is 0.407 e. The molecule has 0 aliphatic carbocycles. The molecule has 138 valence electrons. The Balaban J connectivity index is 2.00. The average molecular weight is 423 g/mol. The summed E-state index contributed by atoms with van der Waals surface area (Å²) >= 11 is 3.17. The molecule has 9 heteroatoms. The molecule has 0 bridgehead atoms. The van der Waals surface area contributed by atoms with Crippen LogP contribution in [0.3, 0.4) is 0 Å². The Kier molecular flexibility index (Phi) is 6.14. The monoisotopic (exact) mass is 422 g/mol. The number of ether oxygens (including phenoxy) is 1. The number of nitrogens with zero attached hydrogens (tertiary/aromatic N) is 2. The highest BCUT2D eigenvalue weighted by Crippen LogP contribution is 2.28. The van der Waals surface area contributed by atoms with Gasteiger partial charge >= 0.3 is 11.8 Å². The van der Waals surface area contributed by atoms with Gasteiger partial charge in [-0.25, -0.2) is 9.78 Å². The summed E-state index contributed by atoms with van der Waals surface area (Å²) in [4.78, 5) is 26.3. The third-order valence-corrected chi connectivity index (χ3v) is 3.52. The number of carbonyl (C=O) groups is 1. The largest absolute Gasteiger partial charge is 0.444 e. The van der Waals surface area contributed by atoms with Gasteiger partial charge in [0.15, 0.2) is 0 Å². The molecule has 1 heterocycles. The minimum Gasteiger partial charge on any atom is -0.444 e. The zero-order chi connectivity index (χ0) is 19.3. The number of aromatic nitrogens is 1. The van der Waals surface area contributed by atoms with Crippen molar-refractivity contribution in [2.24, 2.45) is 0 Å². The normalized spacial score (nSPS) is 10.9. The first-order chi connectivity index (χ1) is 12.1. The molecule has 0 fully saturated rings. The van der Waals surface area contributed by atoms with Crippen molar-refractivity contribution in [1.29, 1.82) is 0 Å². The highest BCUT2D eigenvalue weighted by Gasteiger charge is 2.17. The summed E-state index contributed by atoms with van der Waals surface area (Å²) in [6.45, 7) is 5.69. The molecule has 0 saturated carbocycles. The number of pyridine rings is 1. The summed E-state index contributed by atoms with van der Waals surface area (Å²) in [6, 6.07) is 8.47. The van der Waals surface area contributed by atoms with Gasteiger partial charge in [-0.1, -0.05) is 12.1 Å². The van der Waals surface area contributed by atoms with Crippen LogP contribution >= 0.6 is 15.9 Å². The van der Waals surface area contributed by atoms with E-state index in [0.717, 1.165) is 5.56 Å². The second kappa shape index (κ2) is 8.13. The zero-order valence-electron chi connectivity index (χ0n) is 14.6. The fourth-order valence-corrected chi connectivity index (χ4v) is 2.31. The number of benzene rings is 1. The standard InChI is InChI=1S/C17H19BrN4O4/c1-17(2,3)26-16(23)20-9-11-4-6-13(7-5-11)21-15-14(22(24)25)8-12(18)10-19-15/h4-8,10H,9H2,1-3H3,(H,19,21)(H,20,23). The molecule has 2 rings (SSSR count). The van der Waals surface area contributed by atoms with E-state index in [2.05, 4.69) is 31.5 Å². The van der Waals surface area contributed by atoms with Crippen molar-refractivity contribution in [3.05, 3.63) is 56.7 Å². The summed E-state index contributed by atoms with van der Waals surface area (Å²) in [7, 11) is 0. The van der Waals surface area contributed by atoms with Crippen LogP contribution < -0.4 is 10.6 Å². The Bertz CT molecular complexity index is 803. The minimum absolute atomic E-state index is 0.130. The van der Waals surface area contributed by atoms with Crippen LogP contribution in [0.25, 0.3) is 0 Å². The topological polar surface area (TPSA) is 106 Å². The molecule has 0 saturated heterocycles. The second-order valence-corrected chi connectivity index (χ2v) is 7.37. The van der Waals surface area contributed by atoms with Crippen LogP contribution in [0.5, 0.6) is 0 Å². The lowest BCUT2D eigenvalue weighted by Crippen LogP contribution is -2.32. The summed E-state index contributed by atoms with van der Waals surface area (Å²) in [5.74, 6) is 0.151. The second-order valence-electron chi connectivity index (χ2n) is 6.46. The Morgan fingerprint density at radius 2 is 1.96 bits per heavy atom. The number of carbonyl (C=O) groups excluding carboxylic acids is 1. The molecule has 1 amide bonds. The summed E-state index contributed by atoms with van der Waals surface area (Å²) < 4.78 is 5.70. The third-order valence-electron chi connectivity index (χ3n) is 3.08. The van der Waals surface area contributed by atoms with Gasteiger partial charge in [-0.3, -0.25) is 10.1 Å². The first kappa shape index (κ1) is 19.6. The van der Waals surface area contributed by atoms with Crippen LogP contribution in [0.15, 0.2) is 41.0 Å². The molecule has 0 spiro atoms. The lowest BCUT2D eigenvalue weighted by atomic mass is 10.2. The van der Waals surface area contributed by atoms with Crippen molar-refractivity contribution in [3.63, 3.8) is 0 Å². The van der Waals surface area contributed by atoms with Gasteiger partial charge in [0.25, 0.3) is 0 Å². The number of alkyl carbamates (subject to hydrolysis) is 1. The molecule has 0 aliphatic rings. The van der Waals surface area contributed by atoms with Crippen LogP contribution in [0, 0.1) is 10.1 Å². The van der Waals surface area contributed by atoms with Gasteiger partial charge in [-0.05, 0) is 54.4 Å². The molecule has 2 aromatic rings. The van der Waals surface area contributed by atoms with Crippen LogP contribution in [0.4, 0.5) is 22.0 Å². The highest BCUT2D eigenvalue weighted by atomic mass is 79.9. The first-order valence-electron chi connectivity index (χ1n) is 7.77. The minimum atomic E-state index is -0.551. The number of hydrogen-bond donors (Lipinski definition) is 2. The van der Waals surface area contributed by atoms with E-state index in [4.69, 9.17) is 4.74 Å². The maximum absolute atomic E-state index is 11.6. The van der Waals surface area contributed by atoms with E-state index in [1.807, 2.05) is 0 Å². The van der Waals surface area contributed by atoms with Gasteiger partial charge < -0.3 is 15.4 Å². The number of nitrogens with one attached hydrogen (secondary N) is 2. The lowest BCUT2D eigenvalue weighted by Gasteiger charge is -2.19.